The number of carbonyl (C=O) groups is 1. The molecule has 1 fully saturated rings. The summed E-state index contributed by atoms with van der Waals surface area (Å²) in [7, 11) is 0. The lowest BCUT2D eigenvalue weighted by atomic mass is 9.99. The summed E-state index contributed by atoms with van der Waals surface area (Å²) in [6.45, 7) is 14.6. The van der Waals surface area contributed by atoms with E-state index in [1.54, 1.807) is 21.9 Å². The van der Waals surface area contributed by atoms with Gasteiger partial charge in [-0.15, -0.1) is 0 Å². The fraction of sp³-hybridized carbons (Fsp3) is 0.324. The third-order valence-electron chi connectivity index (χ3n) is 9.19. The van der Waals surface area contributed by atoms with Crippen LogP contribution in [0.2, 0.25) is 0 Å². The molecule has 0 spiro atoms. The molecule has 5 aromatic rings. The van der Waals surface area contributed by atoms with Gasteiger partial charge >= 0.3 is 0 Å². The van der Waals surface area contributed by atoms with Crippen LogP contribution in [-0.4, -0.2) is 60.7 Å². The number of carbonyl (C=O) groups excluding carboxylic acids is 1. The van der Waals surface area contributed by atoms with Gasteiger partial charge in [0.25, 0.3) is 5.56 Å². The van der Waals surface area contributed by atoms with Crippen molar-refractivity contribution in [3.05, 3.63) is 87.9 Å². The number of piperazine rings is 1. The number of amides is 1. The highest BCUT2D eigenvalue weighted by Gasteiger charge is 2.42. The first-order valence-corrected chi connectivity index (χ1v) is 15.0. The molecule has 1 N–H and O–H groups in total. The van der Waals surface area contributed by atoms with Crippen LogP contribution in [0.5, 0.6) is 0 Å². The zero-order valence-corrected chi connectivity index (χ0v) is 25.5. The highest BCUT2D eigenvalue weighted by Crippen LogP contribution is 2.42. The van der Waals surface area contributed by atoms with E-state index in [-0.39, 0.29) is 35.2 Å². The lowest BCUT2D eigenvalue weighted by Gasteiger charge is -2.43. The summed E-state index contributed by atoms with van der Waals surface area (Å²) in [5, 5.41) is 8.47. The van der Waals surface area contributed by atoms with E-state index in [0.717, 1.165) is 27.7 Å². The molecule has 224 valence electrons. The van der Waals surface area contributed by atoms with Crippen LogP contribution in [-0.2, 0) is 11.2 Å². The Morgan fingerprint density at radius 1 is 1.14 bits per heavy atom. The highest BCUT2D eigenvalue weighted by atomic mass is 19.1. The number of hydrogen-bond acceptors (Lipinski definition) is 6. The Kier molecular flexibility index (Phi) is 6.42. The maximum Gasteiger partial charge on any atom is 0.262 e. The van der Waals surface area contributed by atoms with Crippen LogP contribution >= 0.6 is 0 Å². The van der Waals surface area contributed by atoms with Gasteiger partial charge in [0.15, 0.2) is 0 Å². The van der Waals surface area contributed by atoms with Crippen LogP contribution < -0.4 is 10.5 Å². The number of fused-ring (bicyclic) bond motifs is 6. The molecule has 4 aromatic heterocycles. The Hall–Kier alpha value is -4.86. The van der Waals surface area contributed by atoms with Crippen LogP contribution in [0.25, 0.3) is 38.9 Å². The van der Waals surface area contributed by atoms with Crippen molar-refractivity contribution in [1.29, 1.82) is 0 Å². The van der Waals surface area contributed by atoms with Gasteiger partial charge in [-0.3, -0.25) is 24.2 Å². The number of aromatic nitrogens is 5. The molecule has 0 saturated carbocycles. The zero-order chi connectivity index (χ0) is 31.0. The van der Waals surface area contributed by atoms with Crippen molar-refractivity contribution in [2.45, 2.75) is 59.0 Å². The smallest absolute Gasteiger partial charge is 0.262 e. The Balaban J connectivity index is 1.57. The topological polar surface area (TPSA) is 100 Å². The van der Waals surface area contributed by atoms with Crippen molar-refractivity contribution in [2.75, 3.05) is 18.0 Å². The van der Waals surface area contributed by atoms with Crippen molar-refractivity contribution in [2.24, 2.45) is 0 Å². The van der Waals surface area contributed by atoms with Crippen molar-refractivity contribution in [3.63, 3.8) is 0 Å². The molecule has 2 aliphatic rings. The minimum Gasteiger partial charge on any atom is -0.363 e. The first kappa shape index (κ1) is 27.9. The summed E-state index contributed by atoms with van der Waals surface area (Å²) >= 11 is 0. The lowest BCUT2D eigenvalue weighted by Crippen LogP contribution is -2.57. The second-order valence-electron chi connectivity index (χ2n) is 12.3. The number of pyridine rings is 3. The SMILES string of the molecule is C=CC(=O)N1CC2Cc3c(c4cc(F)c(-c5c(C)ccc6[nH]ncc56)nc4n(-c4c(C)ccnc4C(C)C)c3=O)N2CC1C. The molecule has 0 bridgehead atoms. The number of aromatic amines is 1. The third kappa shape index (κ3) is 4.00. The maximum atomic E-state index is 16.4. The average molecular weight is 592 g/mol. The molecule has 1 amide bonds. The quantitative estimate of drug-likeness (QED) is 0.283. The molecule has 7 rings (SSSR count). The van der Waals surface area contributed by atoms with Crippen LogP contribution in [0, 0.1) is 19.7 Å². The minimum atomic E-state index is -0.481. The van der Waals surface area contributed by atoms with E-state index in [4.69, 9.17) is 4.98 Å². The van der Waals surface area contributed by atoms with Crippen molar-refractivity contribution in [1.82, 2.24) is 29.6 Å². The number of hydrogen-bond donors (Lipinski definition) is 1. The van der Waals surface area contributed by atoms with E-state index in [1.807, 2.05) is 52.8 Å². The highest BCUT2D eigenvalue weighted by molar-refractivity contribution is 5.99. The number of aryl methyl sites for hydroxylation is 2. The van der Waals surface area contributed by atoms with Crippen LogP contribution in [0.4, 0.5) is 10.1 Å². The molecule has 10 heteroatoms. The second kappa shape index (κ2) is 10.1. The summed E-state index contributed by atoms with van der Waals surface area (Å²) < 4.78 is 18.1. The monoisotopic (exact) mass is 591 g/mol. The van der Waals surface area contributed by atoms with Crippen LogP contribution in [0.1, 0.15) is 49.1 Å². The molecule has 9 nitrogen and oxygen atoms in total. The predicted octanol–water partition coefficient (Wildman–Crippen LogP) is 5.35. The van der Waals surface area contributed by atoms with E-state index in [0.29, 0.717) is 53.0 Å². The zero-order valence-electron chi connectivity index (χ0n) is 25.5. The van der Waals surface area contributed by atoms with Gasteiger partial charge in [0.2, 0.25) is 5.91 Å². The van der Waals surface area contributed by atoms with E-state index in [2.05, 4.69) is 26.7 Å². The number of rotatable bonds is 4. The number of nitrogens with one attached hydrogen (secondary N) is 1. The number of halogens is 1. The summed E-state index contributed by atoms with van der Waals surface area (Å²) in [6.07, 6.45) is 5.20. The molecule has 6 heterocycles. The van der Waals surface area contributed by atoms with Gasteiger partial charge in [0.05, 0.1) is 34.8 Å². The van der Waals surface area contributed by atoms with Gasteiger partial charge in [-0.2, -0.15) is 5.10 Å². The second-order valence-corrected chi connectivity index (χ2v) is 12.3. The fourth-order valence-electron chi connectivity index (χ4n) is 7.09. The summed E-state index contributed by atoms with van der Waals surface area (Å²) in [6, 6.07) is 6.99. The number of anilines is 1. The molecule has 1 aromatic carbocycles. The van der Waals surface area contributed by atoms with Gasteiger partial charge in [-0.1, -0.05) is 26.5 Å². The van der Waals surface area contributed by atoms with Crippen molar-refractivity contribution >= 4 is 33.5 Å². The average Bonchev–Trinajstić information content (AvgIpc) is 3.62. The molecule has 0 aliphatic carbocycles. The number of nitrogens with zero attached hydrogens (tertiary/aromatic N) is 6. The Morgan fingerprint density at radius 2 is 1.93 bits per heavy atom. The van der Waals surface area contributed by atoms with E-state index in [1.165, 1.54) is 12.1 Å². The van der Waals surface area contributed by atoms with Crippen molar-refractivity contribution < 1.29 is 9.18 Å². The Labute approximate surface area is 254 Å². The molecule has 2 atom stereocenters. The fourth-order valence-corrected chi connectivity index (χ4v) is 7.09. The largest absolute Gasteiger partial charge is 0.363 e. The Bertz CT molecular complexity index is 2080. The standard InChI is InChI=1S/C34H34FN7O2/c1-7-27(43)40-16-21-12-23-32(41(21)15-20(40)6)22-13-25(35)30(28-18(4)8-9-26-24(28)14-37-39-26)38-33(22)42(34(23)44)31-19(5)10-11-36-29(31)17(2)3/h7-11,13-14,17,20-21H,1,12,15-16H2,2-6H3,(H,37,39). The molecule has 44 heavy (non-hydrogen) atoms. The number of benzene rings is 1. The molecule has 1 saturated heterocycles. The lowest BCUT2D eigenvalue weighted by molar-refractivity contribution is -0.128. The summed E-state index contributed by atoms with van der Waals surface area (Å²) in [5.74, 6) is -0.595. The molecule has 2 unspecified atom stereocenters. The predicted molar refractivity (Wildman–Crippen MR) is 170 cm³/mol. The summed E-state index contributed by atoms with van der Waals surface area (Å²) in [4.78, 5) is 41.1. The van der Waals surface area contributed by atoms with Gasteiger partial charge in [-0.25, -0.2) is 9.37 Å². The summed E-state index contributed by atoms with van der Waals surface area (Å²) in [5.41, 5.74) is 6.20. The van der Waals surface area contributed by atoms with Gasteiger partial charge in [0.1, 0.15) is 17.2 Å². The van der Waals surface area contributed by atoms with Gasteiger partial charge < -0.3 is 9.80 Å². The first-order valence-electron chi connectivity index (χ1n) is 15.0. The van der Waals surface area contributed by atoms with E-state index in [9.17, 15) is 9.59 Å². The number of H-pyrrole nitrogens is 1. The van der Waals surface area contributed by atoms with Gasteiger partial charge in [0, 0.05) is 53.6 Å². The van der Waals surface area contributed by atoms with Crippen LogP contribution in [0.15, 0.2) is 54.1 Å². The third-order valence-corrected chi connectivity index (χ3v) is 9.19. The van der Waals surface area contributed by atoms with Crippen LogP contribution in [0.3, 0.4) is 0 Å². The first-order chi connectivity index (χ1) is 21.1. The maximum absolute atomic E-state index is 16.4. The molecular formula is C34H34FN7O2. The van der Waals surface area contributed by atoms with E-state index >= 15 is 4.39 Å². The molecule has 2 aliphatic heterocycles. The Morgan fingerprint density at radius 3 is 2.68 bits per heavy atom. The van der Waals surface area contributed by atoms with Gasteiger partial charge in [-0.05, 0) is 62.1 Å². The van der Waals surface area contributed by atoms with E-state index < -0.39 is 5.82 Å². The minimum absolute atomic E-state index is 0.0209. The van der Waals surface area contributed by atoms with Crippen molar-refractivity contribution in [3.8, 4) is 16.9 Å². The normalized spacial score (nSPS) is 17.9. The molecule has 0 radical (unpaired) electrons. The molecular weight excluding hydrogens is 557 g/mol.